The molecule has 0 saturated carbocycles. The van der Waals surface area contributed by atoms with Crippen LogP contribution in [0.5, 0.6) is 0 Å². The van der Waals surface area contributed by atoms with Crippen LogP contribution in [0.2, 0.25) is 0 Å². The van der Waals surface area contributed by atoms with Crippen LogP contribution >= 0.6 is 11.3 Å². The van der Waals surface area contributed by atoms with Crippen molar-refractivity contribution in [3.8, 4) is 10.6 Å². The number of carbonyl (C=O) groups excluding carboxylic acids is 2. The second kappa shape index (κ2) is 8.48. The van der Waals surface area contributed by atoms with Gasteiger partial charge in [0.1, 0.15) is 16.5 Å². The number of nitrogens with zero attached hydrogens (tertiary/aromatic N) is 4. The van der Waals surface area contributed by atoms with Crippen molar-refractivity contribution in [1.82, 2.24) is 19.8 Å². The number of benzene rings is 1. The summed E-state index contributed by atoms with van der Waals surface area (Å²) in [6.45, 7) is 1.84. The number of amides is 2. The molecule has 8 heteroatoms. The van der Waals surface area contributed by atoms with Crippen LogP contribution in [0.15, 0.2) is 54.0 Å². The third-order valence-electron chi connectivity index (χ3n) is 4.81. The molecule has 0 atom stereocenters. The lowest BCUT2D eigenvalue weighted by atomic mass is 10.2. The van der Waals surface area contributed by atoms with E-state index in [1.807, 2.05) is 18.2 Å². The molecule has 4 rings (SSSR count). The maximum atomic E-state index is 13.9. The first-order valence-electron chi connectivity index (χ1n) is 9.29. The van der Waals surface area contributed by atoms with Gasteiger partial charge in [0.15, 0.2) is 0 Å². The van der Waals surface area contributed by atoms with Crippen LogP contribution in [0.4, 0.5) is 4.39 Å². The minimum atomic E-state index is -0.360. The van der Waals surface area contributed by atoms with Crippen molar-refractivity contribution in [1.29, 1.82) is 0 Å². The predicted octanol–water partition coefficient (Wildman–Crippen LogP) is 2.87. The Morgan fingerprint density at radius 1 is 1.00 bits per heavy atom. The minimum Gasteiger partial charge on any atom is -0.339 e. The van der Waals surface area contributed by atoms with Crippen molar-refractivity contribution >= 4 is 23.2 Å². The summed E-state index contributed by atoms with van der Waals surface area (Å²) in [7, 11) is 0. The van der Waals surface area contributed by atoms with E-state index in [-0.39, 0.29) is 24.1 Å². The molecule has 0 radical (unpaired) electrons. The summed E-state index contributed by atoms with van der Waals surface area (Å²) in [5.41, 5.74) is 1.43. The molecule has 148 valence electrons. The zero-order valence-corrected chi connectivity index (χ0v) is 16.4. The van der Waals surface area contributed by atoms with Gasteiger partial charge in [-0.1, -0.05) is 18.2 Å². The molecule has 0 spiro atoms. The summed E-state index contributed by atoms with van der Waals surface area (Å²) in [4.78, 5) is 37.2. The van der Waals surface area contributed by atoms with E-state index in [2.05, 4.69) is 9.97 Å². The van der Waals surface area contributed by atoms with Crippen molar-refractivity contribution < 1.29 is 14.0 Å². The van der Waals surface area contributed by atoms with E-state index in [0.717, 1.165) is 5.69 Å². The predicted molar refractivity (Wildman–Crippen MR) is 108 cm³/mol. The van der Waals surface area contributed by atoms with E-state index in [1.54, 1.807) is 39.6 Å². The van der Waals surface area contributed by atoms with E-state index in [0.29, 0.717) is 42.4 Å². The lowest BCUT2D eigenvalue weighted by Crippen LogP contribution is -2.51. The van der Waals surface area contributed by atoms with E-state index in [9.17, 15) is 14.0 Å². The summed E-state index contributed by atoms with van der Waals surface area (Å²) in [5.74, 6) is -0.548. The fourth-order valence-corrected chi connectivity index (χ4v) is 4.04. The normalized spacial score (nSPS) is 14.1. The second-order valence-corrected chi connectivity index (χ2v) is 7.55. The van der Waals surface area contributed by atoms with Gasteiger partial charge in [-0.15, -0.1) is 11.3 Å². The average Bonchev–Trinajstić information content (AvgIpc) is 3.24. The van der Waals surface area contributed by atoms with Gasteiger partial charge in [0.05, 0.1) is 6.42 Å². The van der Waals surface area contributed by atoms with Crippen LogP contribution in [0.25, 0.3) is 10.6 Å². The standard InChI is InChI=1S/C21H19FN4O2S/c22-17-7-2-1-6-16(17)20-24-18(14-29-20)21(28)26-11-9-25(10-12-26)19(27)13-15-5-3-4-8-23-15/h1-8,14H,9-13H2. The van der Waals surface area contributed by atoms with Crippen molar-refractivity contribution in [2.24, 2.45) is 0 Å². The van der Waals surface area contributed by atoms with Crippen molar-refractivity contribution in [2.45, 2.75) is 6.42 Å². The highest BCUT2D eigenvalue weighted by atomic mass is 32.1. The summed E-state index contributed by atoms with van der Waals surface area (Å²) >= 11 is 1.25. The molecule has 0 unspecified atom stereocenters. The number of aromatic nitrogens is 2. The Labute approximate surface area is 171 Å². The monoisotopic (exact) mass is 410 g/mol. The maximum Gasteiger partial charge on any atom is 0.273 e. The number of thiazole rings is 1. The molecule has 0 bridgehead atoms. The highest BCUT2D eigenvalue weighted by molar-refractivity contribution is 7.13. The topological polar surface area (TPSA) is 66.4 Å². The van der Waals surface area contributed by atoms with E-state index < -0.39 is 0 Å². The van der Waals surface area contributed by atoms with Gasteiger partial charge in [0, 0.05) is 49.0 Å². The molecule has 1 aliphatic rings. The molecule has 29 heavy (non-hydrogen) atoms. The number of hydrogen-bond acceptors (Lipinski definition) is 5. The van der Waals surface area contributed by atoms with E-state index >= 15 is 0 Å². The van der Waals surface area contributed by atoms with Gasteiger partial charge in [-0.05, 0) is 24.3 Å². The Morgan fingerprint density at radius 2 is 1.72 bits per heavy atom. The Hall–Kier alpha value is -3.13. The number of halogens is 1. The lowest BCUT2D eigenvalue weighted by molar-refractivity contribution is -0.132. The Bertz CT molecular complexity index is 1020. The molecule has 6 nitrogen and oxygen atoms in total. The van der Waals surface area contributed by atoms with E-state index in [1.165, 1.54) is 17.4 Å². The van der Waals surface area contributed by atoms with Gasteiger partial charge in [0.2, 0.25) is 5.91 Å². The highest BCUT2D eigenvalue weighted by Gasteiger charge is 2.26. The van der Waals surface area contributed by atoms with Crippen LogP contribution in [0.3, 0.4) is 0 Å². The van der Waals surface area contributed by atoms with Gasteiger partial charge in [-0.2, -0.15) is 0 Å². The zero-order valence-electron chi connectivity index (χ0n) is 15.6. The van der Waals surface area contributed by atoms with Gasteiger partial charge in [-0.25, -0.2) is 9.37 Å². The number of rotatable bonds is 4. The SMILES string of the molecule is O=C(Cc1ccccn1)N1CCN(C(=O)c2csc(-c3ccccc3F)n2)CC1. The summed E-state index contributed by atoms with van der Waals surface area (Å²) in [5, 5.41) is 2.14. The molecule has 3 heterocycles. The Balaban J connectivity index is 1.36. The maximum absolute atomic E-state index is 13.9. The Morgan fingerprint density at radius 3 is 2.45 bits per heavy atom. The quantitative estimate of drug-likeness (QED) is 0.663. The molecule has 1 saturated heterocycles. The fraction of sp³-hybridized carbons (Fsp3) is 0.238. The fourth-order valence-electron chi connectivity index (χ4n) is 3.22. The molecule has 1 fully saturated rings. The molecule has 2 aromatic heterocycles. The molecule has 0 aliphatic carbocycles. The van der Waals surface area contributed by atoms with Crippen LogP contribution in [0, 0.1) is 5.82 Å². The minimum absolute atomic E-state index is 0.00583. The van der Waals surface area contributed by atoms with Gasteiger partial charge >= 0.3 is 0 Å². The van der Waals surface area contributed by atoms with Crippen LogP contribution in [0.1, 0.15) is 16.2 Å². The molecular weight excluding hydrogens is 391 g/mol. The first-order valence-corrected chi connectivity index (χ1v) is 10.2. The first kappa shape index (κ1) is 19.2. The molecule has 3 aromatic rings. The average molecular weight is 410 g/mol. The number of piperazine rings is 1. The number of pyridine rings is 1. The molecule has 0 N–H and O–H groups in total. The molecular formula is C21H19FN4O2S. The lowest BCUT2D eigenvalue weighted by Gasteiger charge is -2.34. The number of hydrogen-bond donors (Lipinski definition) is 0. The number of carbonyl (C=O) groups is 2. The third kappa shape index (κ3) is 4.32. The third-order valence-corrected chi connectivity index (χ3v) is 5.68. The van der Waals surface area contributed by atoms with Gasteiger partial charge in [0.25, 0.3) is 5.91 Å². The van der Waals surface area contributed by atoms with Crippen LogP contribution < -0.4 is 0 Å². The molecule has 1 aromatic carbocycles. The van der Waals surface area contributed by atoms with E-state index in [4.69, 9.17) is 0 Å². The van der Waals surface area contributed by atoms with Crippen LogP contribution in [-0.4, -0.2) is 57.8 Å². The smallest absolute Gasteiger partial charge is 0.273 e. The summed E-state index contributed by atoms with van der Waals surface area (Å²) < 4.78 is 13.9. The first-order chi connectivity index (χ1) is 14.1. The van der Waals surface area contributed by atoms with Crippen molar-refractivity contribution in [3.05, 3.63) is 71.2 Å². The summed E-state index contributed by atoms with van der Waals surface area (Å²) in [6, 6.07) is 11.9. The molecule has 2 amide bonds. The van der Waals surface area contributed by atoms with Gasteiger partial charge in [-0.3, -0.25) is 14.6 Å². The van der Waals surface area contributed by atoms with Gasteiger partial charge < -0.3 is 9.80 Å². The second-order valence-electron chi connectivity index (χ2n) is 6.69. The highest BCUT2D eigenvalue weighted by Crippen LogP contribution is 2.26. The molecule has 1 aliphatic heterocycles. The van der Waals surface area contributed by atoms with Crippen molar-refractivity contribution in [3.63, 3.8) is 0 Å². The van der Waals surface area contributed by atoms with Crippen molar-refractivity contribution in [2.75, 3.05) is 26.2 Å². The van der Waals surface area contributed by atoms with Crippen LogP contribution in [-0.2, 0) is 11.2 Å². The summed E-state index contributed by atoms with van der Waals surface area (Å²) in [6.07, 6.45) is 1.93. The largest absolute Gasteiger partial charge is 0.339 e. The zero-order chi connectivity index (χ0) is 20.2. The Kier molecular flexibility index (Phi) is 5.62.